The molecule has 0 saturated heterocycles. The lowest BCUT2D eigenvalue weighted by molar-refractivity contribution is -0.117. The Bertz CT molecular complexity index is 852. The van der Waals surface area contributed by atoms with Gasteiger partial charge in [-0.25, -0.2) is 4.98 Å². The van der Waals surface area contributed by atoms with Crippen LogP contribution in [0.3, 0.4) is 0 Å². The smallest absolute Gasteiger partial charge is 0.162 e. The average Bonchev–Trinajstić information content (AvgIpc) is 3.08. The van der Waals surface area contributed by atoms with Gasteiger partial charge in [0, 0.05) is 17.7 Å². The van der Waals surface area contributed by atoms with Gasteiger partial charge in [0.15, 0.2) is 5.78 Å². The number of anilines is 1. The summed E-state index contributed by atoms with van der Waals surface area (Å²) in [6.07, 6.45) is 3.58. The van der Waals surface area contributed by atoms with Crippen molar-refractivity contribution < 1.29 is 4.79 Å². The second-order valence-electron chi connectivity index (χ2n) is 7.96. The highest BCUT2D eigenvalue weighted by atomic mass is 32.1. The van der Waals surface area contributed by atoms with Crippen LogP contribution < -0.4 is 5.32 Å². The molecule has 0 bridgehead atoms. The molecule has 1 unspecified atom stereocenters. The Hall–Kier alpha value is -1.94. The van der Waals surface area contributed by atoms with Crippen molar-refractivity contribution in [2.45, 2.75) is 51.9 Å². The molecular formula is C22H26N2OS. The summed E-state index contributed by atoms with van der Waals surface area (Å²) in [5.74, 6) is 2.30. The Morgan fingerprint density at radius 2 is 2.04 bits per heavy atom. The van der Waals surface area contributed by atoms with Gasteiger partial charge in [-0.1, -0.05) is 51.1 Å². The fourth-order valence-corrected chi connectivity index (χ4v) is 5.92. The summed E-state index contributed by atoms with van der Waals surface area (Å²) in [7, 11) is 0. The first kappa shape index (κ1) is 17.5. The van der Waals surface area contributed by atoms with Crippen LogP contribution in [-0.2, 0) is 10.2 Å². The number of allylic oxidation sites excluding steroid dienone is 2. The Balaban J connectivity index is 1.89. The van der Waals surface area contributed by atoms with Crippen LogP contribution in [-0.4, -0.2) is 10.8 Å². The van der Waals surface area contributed by atoms with Crippen LogP contribution >= 0.6 is 11.3 Å². The lowest BCUT2D eigenvalue weighted by Crippen LogP contribution is -2.41. The van der Waals surface area contributed by atoms with Crippen LogP contribution in [0.4, 0.5) is 5.82 Å². The number of thiazole rings is 1. The van der Waals surface area contributed by atoms with Gasteiger partial charge in [0.2, 0.25) is 0 Å². The van der Waals surface area contributed by atoms with E-state index in [4.69, 9.17) is 0 Å². The number of benzene rings is 1. The van der Waals surface area contributed by atoms with Crippen molar-refractivity contribution in [3.05, 3.63) is 57.6 Å². The Morgan fingerprint density at radius 3 is 2.73 bits per heavy atom. The van der Waals surface area contributed by atoms with E-state index in [-0.39, 0.29) is 5.41 Å². The molecule has 1 aliphatic heterocycles. The number of carbonyl (C=O) groups is 1. The molecule has 136 valence electrons. The molecule has 2 aliphatic rings. The summed E-state index contributed by atoms with van der Waals surface area (Å²) in [6.45, 7) is 6.67. The summed E-state index contributed by atoms with van der Waals surface area (Å²) in [6, 6.07) is 10.5. The first-order chi connectivity index (χ1) is 12.6. The molecule has 0 spiro atoms. The summed E-state index contributed by atoms with van der Waals surface area (Å²) >= 11 is 1.66. The first-order valence-electron chi connectivity index (χ1n) is 9.59. The number of carbonyl (C=O) groups excluding carboxylic acids is 1. The number of aromatic nitrogens is 1. The molecular weight excluding hydrogens is 340 g/mol. The van der Waals surface area contributed by atoms with E-state index < -0.39 is 0 Å². The molecule has 1 aromatic carbocycles. The molecule has 0 saturated carbocycles. The number of ketones is 1. The summed E-state index contributed by atoms with van der Waals surface area (Å²) in [5.41, 5.74) is 4.84. The van der Waals surface area contributed by atoms with Crippen LogP contribution in [0.15, 0.2) is 47.1 Å². The average molecular weight is 367 g/mol. The number of nitrogens with one attached hydrogen (secondary N) is 1. The van der Waals surface area contributed by atoms with Gasteiger partial charge in [-0.3, -0.25) is 4.79 Å². The number of hydrogen-bond donors (Lipinski definition) is 1. The van der Waals surface area contributed by atoms with E-state index in [0.717, 1.165) is 36.4 Å². The highest BCUT2D eigenvalue weighted by Crippen LogP contribution is 2.53. The maximum Gasteiger partial charge on any atom is 0.162 e. The minimum Gasteiger partial charge on any atom is -0.342 e. The molecule has 0 radical (unpaired) electrons. The largest absolute Gasteiger partial charge is 0.342 e. The monoisotopic (exact) mass is 366 g/mol. The van der Waals surface area contributed by atoms with Gasteiger partial charge in [0.25, 0.3) is 0 Å². The van der Waals surface area contributed by atoms with Crippen molar-refractivity contribution in [3.63, 3.8) is 0 Å². The quantitative estimate of drug-likeness (QED) is 0.772. The van der Waals surface area contributed by atoms with E-state index in [1.165, 1.54) is 10.4 Å². The van der Waals surface area contributed by atoms with E-state index in [2.05, 4.69) is 55.3 Å². The highest BCUT2D eigenvalue weighted by Gasteiger charge is 2.49. The van der Waals surface area contributed by atoms with Crippen molar-refractivity contribution in [2.75, 3.05) is 5.32 Å². The molecule has 1 aromatic heterocycles. The van der Waals surface area contributed by atoms with Crippen molar-refractivity contribution in [1.29, 1.82) is 0 Å². The predicted octanol–water partition coefficient (Wildman–Crippen LogP) is 5.54. The van der Waals surface area contributed by atoms with Gasteiger partial charge in [-0.15, -0.1) is 11.3 Å². The van der Waals surface area contributed by atoms with E-state index in [1.54, 1.807) is 11.3 Å². The van der Waals surface area contributed by atoms with Gasteiger partial charge in [0.05, 0.1) is 15.8 Å². The molecule has 1 N–H and O–H groups in total. The van der Waals surface area contributed by atoms with Crippen LogP contribution in [0.25, 0.3) is 0 Å². The number of fused-ring (bicyclic) bond motifs is 1. The third-order valence-corrected chi connectivity index (χ3v) is 6.79. The highest BCUT2D eigenvalue weighted by molar-refractivity contribution is 7.10. The number of rotatable bonds is 4. The predicted molar refractivity (Wildman–Crippen MR) is 107 cm³/mol. The van der Waals surface area contributed by atoms with Crippen LogP contribution in [0.1, 0.15) is 56.9 Å². The van der Waals surface area contributed by atoms with E-state index >= 15 is 0 Å². The molecule has 0 fully saturated rings. The van der Waals surface area contributed by atoms with Crippen LogP contribution in [0, 0.1) is 11.8 Å². The van der Waals surface area contributed by atoms with E-state index in [1.807, 2.05) is 11.6 Å². The Labute approximate surface area is 159 Å². The maximum atomic E-state index is 13.4. The second kappa shape index (κ2) is 6.66. The van der Waals surface area contributed by atoms with Gasteiger partial charge >= 0.3 is 0 Å². The third-order valence-electron chi connectivity index (χ3n) is 5.80. The third kappa shape index (κ3) is 2.62. The normalized spacial score (nSPS) is 25.1. The molecule has 4 rings (SSSR count). The number of nitrogens with zero attached hydrogens (tertiary/aromatic N) is 1. The molecule has 2 aromatic rings. The van der Waals surface area contributed by atoms with Crippen molar-refractivity contribution in [1.82, 2.24) is 4.98 Å². The lowest BCUT2D eigenvalue weighted by atomic mass is 9.64. The SMILES string of the molecule is CC[C@@]1(c2ccccc2)C2=C(CC(CC(C)C)CC2=O)Nc2ncsc21. The summed E-state index contributed by atoms with van der Waals surface area (Å²) in [4.78, 5) is 19.2. The molecule has 3 nitrogen and oxygen atoms in total. The Morgan fingerprint density at radius 1 is 1.27 bits per heavy atom. The van der Waals surface area contributed by atoms with Gasteiger partial charge < -0.3 is 5.32 Å². The molecule has 2 heterocycles. The minimum atomic E-state index is -0.363. The maximum absolute atomic E-state index is 13.4. The summed E-state index contributed by atoms with van der Waals surface area (Å²) < 4.78 is 0. The first-order valence-corrected chi connectivity index (χ1v) is 10.5. The molecule has 2 atom stereocenters. The minimum absolute atomic E-state index is 0.314. The zero-order valence-corrected chi connectivity index (χ0v) is 16.5. The summed E-state index contributed by atoms with van der Waals surface area (Å²) in [5, 5.41) is 3.53. The van der Waals surface area contributed by atoms with Crippen LogP contribution in [0.2, 0.25) is 0 Å². The number of Topliss-reactive ketones (excluding diaryl/α,β-unsaturated/α-hetero) is 1. The van der Waals surface area contributed by atoms with Crippen molar-refractivity contribution in [2.24, 2.45) is 11.8 Å². The number of hydrogen-bond acceptors (Lipinski definition) is 4. The fourth-order valence-electron chi connectivity index (χ4n) is 4.87. The fraction of sp³-hybridized carbons (Fsp3) is 0.455. The van der Waals surface area contributed by atoms with Crippen molar-refractivity contribution >= 4 is 22.9 Å². The molecule has 1 aliphatic carbocycles. The zero-order chi connectivity index (χ0) is 18.3. The topological polar surface area (TPSA) is 42.0 Å². The standard InChI is InChI=1S/C22H26N2OS/c1-4-22(16-8-6-5-7-9-16)19-17(24-21-20(22)26-13-23-21)11-15(10-14(2)3)12-18(19)25/h5-9,13-15,24H,4,10-12H2,1-3H3/t15?,22-/m1/s1. The zero-order valence-electron chi connectivity index (χ0n) is 15.7. The van der Waals surface area contributed by atoms with E-state index in [0.29, 0.717) is 24.0 Å². The van der Waals surface area contributed by atoms with Crippen LogP contribution in [0.5, 0.6) is 0 Å². The van der Waals surface area contributed by atoms with Crippen molar-refractivity contribution in [3.8, 4) is 0 Å². The molecule has 4 heteroatoms. The molecule has 0 amide bonds. The Kier molecular flexibility index (Phi) is 4.47. The van der Waals surface area contributed by atoms with E-state index in [9.17, 15) is 4.79 Å². The lowest BCUT2D eigenvalue weighted by Gasteiger charge is -2.43. The second-order valence-corrected chi connectivity index (χ2v) is 8.82. The molecule has 26 heavy (non-hydrogen) atoms. The van der Waals surface area contributed by atoms with Gasteiger partial charge in [-0.2, -0.15) is 0 Å². The van der Waals surface area contributed by atoms with Gasteiger partial charge in [0.1, 0.15) is 5.82 Å². The van der Waals surface area contributed by atoms with Gasteiger partial charge in [-0.05, 0) is 36.7 Å².